The summed E-state index contributed by atoms with van der Waals surface area (Å²) in [5.74, 6) is 3.48. The molecule has 1 rings (SSSR count). The number of hydrogen-bond acceptors (Lipinski definition) is 3. The van der Waals surface area contributed by atoms with E-state index in [4.69, 9.17) is 0 Å². The summed E-state index contributed by atoms with van der Waals surface area (Å²) in [5, 5.41) is 3.42. The lowest BCUT2D eigenvalue weighted by atomic mass is 9.98. The normalized spacial score (nSPS) is 19.1. The molecule has 14 heavy (non-hydrogen) atoms. The van der Waals surface area contributed by atoms with Crippen molar-refractivity contribution in [2.45, 2.75) is 19.8 Å². The van der Waals surface area contributed by atoms with Crippen molar-refractivity contribution in [3.63, 3.8) is 0 Å². The SMILES string of the molecule is CCSCCN(C)CC1CCNCC1. The van der Waals surface area contributed by atoms with Crippen LogP contribution in [-0.2, 0) is 0 Å². The molecule has 1 N–H and O–H groups in total. The van der Waals surface area contributed by atoms with Crippen LogP contribution < -0.4 is 5.32 Å². The molecule has 0 bridgehead atoms. The van der Waals surface area contributed by atoms with E-state index in [1.165, 1.54) is 50.5 Å². The minimum absolute atomic E-state index is 0.938. The van der Waals surface area contributed by atoms with Crippen molar-refractivity contribution < 1.29 is 0 Å². The fraction of sp³-hybridized carbons (Fsp3) is 1.00. The van der Waals surface area contributed by atoms with Crippen molar-refractivity contribution in [1.29, 1.82) is 0 Å². The van der Waals surface area contributed by atoms with Gasteiger partial charge in [-0.1, -0.05) is 6.92 Å². The molecule has 1 fully saturated rings. The molecule has 0 aromatic heterocycles. The quantitative estimate of drug-likeness (QED) is 0.680. The van der Waals surface area contributed by atoms with Crippen molar-refractivity contribution in [3.05, 3.63) is 0 Å². The Morgan fingerprint density at radius 1 is 1.36 bits per heavy atom. The highest BCUT2D eigenvalue weighted by Gasteiger charge is 2.14. The molecule has 84 valence electrons. The van der Waals surface area contributed by atoms with Gasteiger partial charge in [0.25, 0.3) is 0 Å². The van der Waals surface area contributed by atoms with Gasteiger partial charge in [-0.25, -0.2) is 0 Å². The Balaban J connectivity index is 2.03. The number of thioether (sulfide) groups is 1. The summed E-state index contributed by atoms with van der Waals surface area (Å²) >= 11 is 2.04. The van der Waals surface area contributed by atoms with E-state index in [2.05, 4.69) is 24.2 Å². The molecule has 0 spiro atoms. The molecule has 1 aliphatic heterocycles. The summed E-state index contributed by atoms with van der Waals surface area (Å²) in [6, 6.07) is 0. The summed E-state index contributed by atoms with van der Waals surface area (Å²) in [7, 11) is 2.26. The molecule has 0 atom stereocenters. The van der Waals surface area contributed by atoms with E-state index in [9.17, 15) is 0 Å². The average Bonchev–Trinajstić information content (AvgIpc) is 2.20. The zero-order valence-corrected chi connectivity index (χ0v) is 10.4. The van der Waals surface area contributed by atoms with Crippen LogP contribution in [0.4, 0.5) is 0 Å². The van der Waals surface area contributed by atoms with Crippen LogP contribution in [0.2, 0.25) is 0 Å². The number of piperidine rings is 1. The number of hydrogen-bond donors (Lipinski definition) is 1. The molecule has 1 heterocycles. The number of nitrogens with zero attached hydrogens (tertiary/aromatic N) is 1. The van der Waals surface area contributed by atoms with Crippen molar-refractivity contribution in [1.82, 2.24) is 10.2 Å². The van der Waals surface area contributed by atoms with Crippen LogP contribution in [0.1, 0.15) is 19.8 Å². The lowest BCUT2D eigenvalue weighted by Crippen LogP contribution is -2.35. The molecule has 3 heteroatoms. The first kappa shape index (κ1) is 12.3. The minimum Gasteiger partial charge on any atom is -0.317 e. The van der Waals surface area contributed by atoms with E-state index in [0.717, 1.165) is 5.92 Å². The van der Waals surface area contributed by atoms with E-state index in [-0.39, 0.29) is 0 Å². The molecule has 2 nitrogen and oxygen atoms in total. The average molecular weight is 216 g/mol. The van der Waals surface area contributed by atoms with Crippen LogP contribution in [0.15, 0.2) is 0 Å². The van der Waals surface area contributed by atoms with E-state index in [1.807, 2.05) is 11.8 Å². The summed E-state index contributed by atoms with van der Waals surface area (Å²) < 4.78 is 0. The zero-order valence-electron chi connectivity index (χ0n) is 9.59. The van der Waals surface area contributed by atoms with Crippen LogP contribution in [0, 0.1) is 5.92 Å². The van der Waals surface area contributed by atoms with Crippen molar-refractivity contribution in [3.8, 4) is 0 Å². The lowest BCUT2D eigenvalue weighted by molar-refractivity contribution is 0.250. The first-order valence-electron chi connectivity index (χ1n) is 5.80. The smallest absolute Gasteiger partial charge is 0.00694 e. The summed E-state index contributed by atoms with van der Waals surface area (Å²) in [6.45, 7) is 7.23. The Hall–Kier alpha value is 0.270. The molecule has 0 aromatic rings. The molecule has 0 radical (unpaired) electrons. The highest BCUT2D eigenvalue weighted by molar-refractivity contribution is 7.99. The van der Waals surface area contributed by atoms with E-state index in [1.54, 1.807) is 0 Å². The molecule has 0 unspecified atom stereocenters. The standard InChI is InChI=1S/C11H24N2S/c1-3-14-9-8-13(2)10-11-4-6-12-7-5-11/h11-12H,3-10H2,1-2H3. The van der Waals surface area contributed by atoms with Crippen LogP contribution in [0.25, 0.3) is 0 Å². The van der Waals surface area contributed by atoms with Gasteiger partial charge in [-0.3, -0.25) is 0 Å². The van der Waals surface area contributed by atoms with Gasteiger partial charge in [0.15, 0.2) is 0 Å². The fourth-order valence-corrected chi connectivity index (χ4v) is 2.69. The maximum Gasteiger partial charge on any atom is 0.00694 e. The second-order valence-electron chi connectivity index (χ2n) is 4.15. The van der Waals surface area contributed by atoms with Crippen molar-refractivity contribution >= 4 is 11.8 Å². The third-order valence-electron chi connectivity index (χ3n) is 2.85. The molecular weight excluding hydrogens is 192 g/mol. The molecule has 0 saturated carbocycles. The Labute approximate surface area is 92.8 Å². The van der Waals surface area contributed by atoms with Crippen molar-refractivity contribution in [2.75, 3.05) is 44.7 Å². The van der Waals surface area contributed by atoms with Gasteiger partial charge in [0, 0.05) is 18.8 Å². The van der Waals surface area contributed by atoms with Gasteiger partial charge < -0.3 is 10.2 Å². The van der Waals surface area contributed by atoms with Crippen LogP contribution in [0.3, 0.4) is 0 Å². The number of rotatable bonds is 6. The van der Waals surface area contributed by atoms with E-state index in [0.29, 0.717) is 0 Å². The summed E-state index contributed by atoms with van der Waals surface area (Å²) in [6.07, 6.45) is 2.73. The highest BCUT2D eigenvalue weighted by atomic mass is 32.2. The van der Waals surface area contributed by atoms with Crippen LogP contribution >= 0.6 is 11.8 Å². The minimum atomic E-state index is 0.938. The topological polar surface area (TPSA) is 15.3 Å². The maximum absolute atomic E-state index is 3.42. The second kappa shape index (κ2) is 7.55. The zero-order chi connectivity index (χ0) is 10.2. The Morgan fingerprint density at radius 2 is 2.07 bits per heavy atom. The first-order valence-corrected chi connectivity index (χ1v) is 6.95. The molecular formula is C11H24N2S. The third-order valence-corrected chi connectivity index (χ3v) is 3.73. The Kier molecular flexibility index (Phi) is 6.65. The summed E-state index contributed by atoms with van der Waals surface area (Å²) in [5.41, 5.74) is 0. The fourth-order valence-electron chi connectivity index (χ4n) is 1.96. The van der Waals surface area contributed by atoms with Gasteiger partial charge in [0.2, 0.25) is 0 Å². The Morgan fingerprint density at radius 3 is 2.71 bits per heavy atom. The van der Waals surface area contributed by atoms with Gasteiger partial charge >= 0.3 is 0 Å². The maximum atomic E-state index is 3.42. The first-order chi connectivity index (χ1) is 6.83. The molecule has 0 amide bonds. The van der Waals surface area contributed by atoms with E-state index < -0.39 is 0 Å². The van der Waals surface area contributed by atoms with Gasteiger partial charge in [-0.15, -0.1) is 0 Å². The van der Waals surface area contributed by atoms with Gasteiger partial charge in [-0.2, -0.15) is 11.8 Å². The highest BCUT2D eigenvalue weighted by Crippen LogP contribution is 2.12. The molecule has 0 aromatic carbocycles. The summed E-state index contributed by atoms with van der Waals surface area (Å²) in [4.78, 5) is 2.50. The van der Waals surface area contributed by atoms with Crippen molar-refractivity contribution in [2.24, 2.45) is 5.92 Å². The van der Waals surface area contributed by atoms with Gasteiger partial charge in [0.05, 0.1) is 0 Å². The second-order valence-corrected chi connectivity index (χ2v) is 5.55. The monoisotopic (exact) mass is 216 g/mol. The van der Waals surface area contributed by atoms with Gasteiger partial charge in [-0.05, 0) is 44.6 Å². The predicted octanol–water partition coefficient (Wildman–Crippen LogP) is 1.67. The third kappa shape index (κ3) is 5.23. The van der Waals surface area contributed by atoms with Crippen LogP contribution in [0.5, 0.6) is 0 Å². The molecule has 1 saturated heterocycles. The number of nitrogens with one attached hydrogen (secondary N) is 1. The lowest BCUT2D eigenvalue weighted by Gasteiger charge is -2.27. The van der Waals surface area contributed by atoms with Crippen LogP contribution in [-0.4, -0.2) is 49.6 Å². The Bertz CT molecular complexity index is 135. The van der Waals surface area contributed by atoms with E-state index >= 15 is 0 Å². The predicted molar refractivity (Wildman–Crippen MR) is 66.1 cm³/mol. The largest absolute Gasteiger partial charge is 0.317 e. The molecule has 0 aliphatic carbocycles. The molecule has 1 aliphatic rings. The van der Waals surface area contributed by atoms with Gasteiger partial charge in [0.1, 0.15) is 0 Å².